The van der Waals surface area contributed by atoms with Crippen molar-refractivity contribution in [3.05, 3.63) is 28.5 Å². The highest BCUT2D eigenvalue weighted by molar-refractivity contribution is 9.10. The first-order valence-electron chi connectivity index (χ1n) is 5.93. The van der Waals surface area contributed by atoms with E-state index >= 15 is 0 Å². The molecule has 0 aliphatic heterocycles. The lowest BCUT2D eigenvalue weighted by Gasteiger charge is -2.01. The second-order valence-corrected chi connectivity index (χ2v) is 4.90. The second-order valence-electron chi connectivity index (χ2n) is 3.99. The number of rotatable bonds is 7. The molecule has 2 heteroatoms. The zero-order chi connectivity index (χ0) is 10.9. The van der Waals surface area contributed by atoms with E-state index in [-0.39, 0.29) is 0 Å². The SMILES string of the molecule is CCCCCCCCc1ccc(Br)cn1. The molecule has 0 atom stereocenters. The Labute approximate surface area is 101 Å². The fourth-order valence-corrected chi connectivity index (χ4v) is 1.88. The molecule has 84 valence electrons. The molecular formula is C13H20BrN. The largest absolute Gasteiger partial charge is 0.260 e. The Morgan fingerprint density at radius 1 is 1.07 bits per heavy atom. The molecule has 0 saturated heterocycles. The summed E-state index contributed by atoms with van der Waals surface area (Å²) in [7, 11) is 0. The van der Waals surface area contributed by atoms with Crippen LogP contribution in [0.5, 0.6) is 0 Å². The zero-order valence-electron chi connectivity index (χ0n) is 9.51. The second kappa shape index (κ2) is 7.86. The molecule has 1 aromatic rings. The Bertz CT molecular complexity index is 256. The number of nitrogens with zero attached hydrogens (tertiary/aromatic N) is 1. The Kier molecular flexibility index (Phi) is 6.66. The van der Waals surface area contributed by atoms with Gasteiger partial charge in [-0.1, -0.05) is 39.0 Å². The van der Waals surface area contributed by atoms with Gasteiger partial charge in [-0.2, -0.15) is 0 Å². The van der Waals surface area contributed by atoms with Gasteiger partial charge in [0.1, 0.15) is 0 Å². The summed E-state index contributed by atoms with van der Waals surface area (Å²) in [6, 6.07) is 4.18. The molecule has 0 saturated carbocycles. The van der Waals surface area contributed by atoms with Gasteiger partial charge in [0, 0.05) is 16.4 Å². The van der Waals surface area contributed by atoms with Gasteiger partial charge in [-0.25, -0.2) is 0 Å². The van der Waals surface area contributed by atoms with Gasteiger partial charge in [-0.05, 0) is 40.9 Å². The molecule has 1 aromatic heterocycles. The quantitative estimate of drug-likeness (QED) is 0.652. The van der Waals surface area contributed by atoms with Crippen molar-refractivity contribution in [2.75, 3.05) is 0 Å². The van der Waals surface area contributed by atoms with E-state index in [1.165, 1.54) is 44.2 Å². The number of halogens is 1. The van der Waals surface area contributed by atoms with Crippen LogP contribution in [0, 0.1) is 0 Å². The summed E-state index contributed by atoms with van der Waals surface area (Å²) in [5.74, 6) is 0. The van der Waals surface area contributed by atoms with E-state index in [1.54, 1.807) is 0 Å². The molecule has 0 N–H and O–H groups in total. The summed E-state index contributed by atoms with van der Waals surface area (Å²) < 4.78 is 1.06. The standard InChI is InChI=1S/C13H20BrN/c1-2-3-4-5-6-7-8-13-10-9-12(14)11-15-13/h9-11H,2-8H2,1H3. The van der Waals surface area contributed by atoms with Crippen LogP contribution in [-0.4, -0.2) is 4.98 Å². The molecule has 0 bridgehead atoms. The smallest absolute Gasteiger partial charge is 0.0413 e. The van der Waals surface area contributed by atoms with E-state index in [9.17, 15) is 0 Å². The minimum atomic E-state index is 1.06. The highest BCUT2D eigenvalue weighted by Gasteiger charge is 1.95. The van der Waals surface area contributed by atoms with Gasteiger partial charge < -0.3 is 0 Å². The third kappa shape index (κ3) is 5.93. The molecule has 1 heterocycles. The van der Waals surface area contributed by atoms with Gasteiger partial charge in [0.15, 0.2) is 0 Å². The van der Waals surface area contributed by atoms with Crippen LogP contribution in [0.3, 0.4) is 0 Å². The summed E-state index contributed by atoms with van der Waals surface area (Å²) in [5.41, 5.74) is 1.22. The highest BCUT2D eigenvalue weighted by atomic mass is 79.9. The maximum atomic E-state index is 4.37. The number of hydrogen-bond donors (Lipinski definition) is 0. The van der Waals surface area contributed by atoms with E-state index in [4.69, 9.17) is 0 Å². The molecule has 0 fully saturated rings. The number of pyridine rings is 1. The van der Waals surface area contributed by atoms with Gasteiger partial charge in [-0.3, -0.25) is 4.98 Å². The van der Waals surface area contributed by atoms with Crippen molar-refractivity contribution in [3.8, 4) is 0 Å². The van der Waals surface area contributed by atoms with Crippen LogP contribution in [-0.2, 0) is 6.42 Å². The Balaban J connectivity index is 2.07. The van der Waals surface area contributed by atoms with Crippen LogP contribution < -0.4 is 0 Å². The van der Waals surface area contributed by atoms with Gasteiger partial charge in [0.25, 0.3) is 0 Å². The van der Waals surface area contributed by atoms with Crippen molar-refractivity contribution in [3.63, 3.8) is 0 Å². The van der Waals surface area contributed by atoms with Gasteiger partial charge >= 0.3 is 0 Å². The number of aryl methyl sites for hydroxylation is 1. The number of aromatic nitrogens is 1. The molecular weight excluding hydrogens is 250 g/mol. The fraction of sp³-hybridized carbons (Fsp3) is 0.615. The van der Waals surface area contributed by atoms with Crippen molar-refractivity contribution in [2.45, 2.75) is 51.9 Å². The predicted octanol–water partition coefficient (Wildman–Crippen LogP) is 4.75. The van der Waals surface area contributed by atoms with E-state index in [2.05, 4.69) is 40.0 Å². The van der Waals surface area contributed by atoms with Crippen LogP contribution in [0.1, 0.15) is 51.1 Å². The molecule has 15 heavy (non-hydrogen) atoms. The Morgan fingerprint density at radius 2 is 1.80 bits per heavy atom. The first-order chi connectivity index (χ1) is 7.33. The van der Waals surface area contributed by atoms with Crippen LogP contribution in [0.25, 0.3) is 0 Å². The van der Waals surface area contributed by atoms with E-state index in [1.807, 2.05) is 6.20 Å². The summed E-state index contributed by atoms with van der Waals surface area (Å²) >= 11 is 3.39. The molecule has 0 radical (unpaired) electrons. The summed E-state index contributed by atoms with van der Waals surface area (Å²) in [6.45, 7) is 2.26. The monoisotopic (exact) mass is 269 g/mol. The minimum Gasteiger partial charge on any atom is -0.260 e. The van der Waals surface area contributed by atoms with Crippen molar-refractivity contribution >= 4 is 15.9 Å². The van der Waals surface area contributed by atoms with Crippen LogP contribution in [0.4, 0.5) is 0 Å². The van der Waals surface area contributed by atoms with Gasteiger partial charge in [0.2, 0.25) is 0 Å². The van der Waals surface area contributed by atoms with Crippen LogP contribution >= 0.6 is 15.9 Å². The normalized spacial score (nSPS) is 10.5. The molecule has 0 aliphatic rings. The molecule has 0 unspecified atom stereocenters. The maximum Gasteiger partial charge on any atom is 0.0413 e. The average molecular weight is 270 g/mol. The number of unbranched alkanes of at least 4 members (excludes halogenated alkanes) is 5. The van der Waals surface area contributed by atoms with Crippen molar-refractivity contribution in [1.29, 1.82) is 0 Å². The molecule has 0 amide bonds. The predicted molar refractivity (Wildman–Crippen MR) is 69.0 cm³/mol. The fourth-order valence-electron chi connectivity index (χ4n) is 1.64. The molecule has 1 rings (SSSR count). The summed E-state index contributed by atoms with van der Waals surface area (Å²) in [5, 5.41) is 0. The first-order valence-corrected chi connectivity index (χ1v) is 6.72. The molecule has 0 spiro atoms. The van der Waals surface area contributed by atoms with E-state index < -0.39 is 0 Å². The topological polar surface area (TPSA) is 12.9 Å². The van der Waals surface area contributed by atoms with Crippen molar-refractivity contribution in [1.82, 2.24) is 4.98 Å². The summed E-state index contributed by atoms with van der Waals surface area (Å²) in [4.78, 5) is 4.37. The highest BCUT2D eigenvalue weighted by Crippen LogP contribution is 2.11. The zero-order valence-corrected chi connectivity index (χ0v) is 11.1. The average Bonchev–Trinajstić information content (AvgIpc) is 2.26. The third-order valence-electron chi connectivity index (χ3n) is 2.58. The Morgan fingerprint density at radius 3 is 2.47 bits per heavy atom. The van der Waals surface area contributed by atoms with Gasteiger partial charge in [0.05, 0.1) is 0 Å². The lowest BCUT2D eigenvalue weighted by atomic mass is 10.1. The first kappa shape index (κ1) is 12.7. The number of hydrogen-bond acceptors (Lipinski definition) is 1. The third-order valence-corrected chi connectivity index (χ3v) is 3.04. The van der Waals surface area contributed by atoms with Crippen molar-refractivity contribution < 1.29 is 0 Å². The minimum absolute atomic E-state index is 1.06. The van der Waals surface area contributed by atoms with Gasteiger partial charge in [-0.15, -0.1) is 0 Å². The molecule has 1 nitrogen and oxygen atoms in total. The van der Waals surface area contributed by atoms with Crippen molar-refractivity contribution in [2.24, 2.45) is 0 Å². The molecule has 0 aromatic carbocycles. The lowest BCUT2D eigenvalue weighted by Crippen LogP contribution is -1.89. The Hall–Kier alpha value is -0.370. The van der Waals surface area contributed by atoms with Crippen LogP contribution in [0.2, 0.25) is 0 Å². The maximum absolute atomic E-state index is 4.37. The van der Waals surface area contributed by atoms with Crippen LogP contribution in [0.15, 0.2) is 22.8 Å². The summed E-state index contributed by atoms with van der Waals surface area (Å²) in [6.07, 6.45) is 11.1. The molecule has 0 aliphatic carbocycles. The van der Waals surface area contributed by atoms with E-state index in [0.29, 0.717) is 0 Å². The van der Waals surface area contributed by atoms with E-state index in [0.717, 1.165) is 10.9 Å². The lowest BCUT2D eigenvalue weighted by molar-refractivity contribution is 0.604.